The van der Waals surface area contributed by atoms with Crippen molar-refractivity contribution in [2.45, 2.75) is 25.7 Å². The van der Waals surface area contributed by atoms with E-state index in [-0.39, 0.29) is 23.3 Å². The van der Waals surface area contributed by atoms with Crippen LogP contribution in [0.2, 0.25) is 0 Å². The fourth-order valence-electron chi connectivity index (χ4n) is 3.80. The third-order valence-corrected chi connectivity index (χ3v) is 8.75. The number of thiazole rings is 1. The number of rotatable bonds is 7. The van der Waals surface area contributed by atoms with E-state index >= 15 is 0 Å². The Morgan fingerprint density at radius 3 is 2.51 bits per heavy atom. The van der Waals surface area contributed by atoms with Crippen molar-refractivity contribution >= 4 is 44.0 Å². The number of amides is 2. The molecule has 2 aromatic carbocycles. The predicted octanol–water partition coefficient (Wildman–Crippen LogP) is 3.76. The Bertz CT molecular complexity index is 1380. The maximum Gasteiger partial charge on any atom is 0.264 e. The van der Waals surface area contributed by atoms with E-state index in [0.717, 1.165) is 10.4 Å². The van der Waals surface area contributed by atoms with Crippen LogP contribution in [0.25, 0.3) is 11.3 Å². The van der Waals surface area contributed by atoms with E-state index in [0.29, 0.717) is 40.9 Å². The molecule has 0 spiro atoms. The van der Waals surface area contributed by atoms with Crippen molar-refractivity contribution < 1.29 is 22.7 Å². The van der Waals surface area contributed by atoms with Gasteiger partial charge >= 0.3 is 0 Å². The number of aryl methyl sites for hydroxylation is 1. The largest absolute Gasteiger partial charge is 0.482 e. The Kier molecular flexibility index (Phi) is 6.93. The number of carbonyl (C=O) groups is 2. The monoisotopic (exact) mass is 514 g/mol. The van der Waals surface area contributed by atoms with E-state index in [1.165, 1.54) is 39.9 Å². The van der Waals surface area contributed by atoms with Gasteiger partial charge in [0.25, 0.3) is 11.8 Å². The second kappa shape index (κ2) is 9.76. The number of likely N-dealkylation sites (N-methyl/N-ethyl adjacent to an activating group) is 1. The maximum atomic E-state index is 12.8. The molecular formula is C24H26N4O5S2. The summed E-state index contributed by atoms with van der Waals surface area (Å²) in [6, 6.07) is 11.4. The Labute approximate surface area is 208 Å². The Morgan fingerprint density at radius 2 is 1.86 bits per heavy atom. The molecule has 0 saturated heterocycles. The molecule has 2 heterocycles. The number of aromatic nitrogens is 1. The van der Waals surface area contributed by atoms with Crippen LogP contribution in [0.15, 0.2) is 47.4 Å². The number of nitrogens with one attached hydrogen (secondary N) is 1. The quantitative estimate of drug-likeness (QED) is 0.514. The molecule has 2 amide bonds. The van der Waals surface area contributed by atoms with E-state index in [2.05, 4.69) is 10.3 Å². The first kappa shape index (κ1) is 24.8. The van der Waals surface area contributed by atoms with Gasteiger partial charge in [-0.1, -0.05) is 13.8 Å². The lowest BCUT2D eigenvalue weighted by atomic mass is 10.1. The van der Waals surface area contributed by atoms with Crippen LogP contribution in [0.5, 0.6) is 5.75 Å². The van der Waals surface area contributed by atoms with Crippen molar-refractivity contribution in [3.8, 4) is 17.0 Å². The summed E-state index contributed by atoms with van der Waals surface area (Å²) < 4.78 is 32.2. The van der Waals surface area contributed by atoms with E-state index in [9.17, 15) is 18.0 Å². The zero-order chi connectivity index (χ0) is 25.3. The first-order valence-electron chi connectivity index (χ1n) is 11.1. The molecule has 4 rings (SSSR count). The molecule has 1 aliphatic rings. The van der Waals surface area contributed by atoms with Crippen LogP contribution in [0.4, 0.5) is 10.8 Å². The zero-order valence-corrected chi connectivity index (χ0v) is 21.5. The molecule has 1 N–H and O–H groups in total. The standard InChI is InChI=1S/C24H26N4O5S2/c1-5-28(6-2)35(31,32)18-10-7-16(8-11-18)23(30)26-24-25-22(15(3)34-24)17-9-12-20-19(13-17)27(4)21(29)14-33-20/h7-13H,5-6,14H2,1-4H3,(H,25,26,30). The molecule has 1 aromatic heterocycles. The molecule has 184 valence electrons. The minimum atomic E-state index is -3.59. The third kappa shape index (κ3) is 4.79. The van der Waals surface area contributed by atoms with Gasteiger partial charge in [-0.15, -0.1) is 11.3 Å². The SMILES string of the molecule is CCN(CC)S(=O)(=O)c1ccc(C(=O)Nc2nc(-c3ccc4c(c3)N(C)C(=O)CO4)c(C)s2)cc1. The number of ether oxygens (including phenoxy) is 1. The highest BCUT2D eigenvalue weighted by molar-refractivity contribution is 7.89. The molecular weight excluding hydrogens is 488 g/mol. The van der Waals surface area contributed by atoms with E-state index < -0.39 is 10.0 Å². The van der Waals surface area contributed by atoms with Crippen LogP contribution < -0.4 is 15.0 Å². The normalized spacial score (nSPS) is 13.5. The van der Waals surface area contributed by atoms with Crippen LogP contribution in [-0.2, 0) is 14.8 Å². The van der Waals surface area contributed by atoms with Crippen LogP contribution in [0, 0.1) is 6.92 Å². The summed E-state index contributed by atoms with van der Waals surface area (Å²) in [6.07, 6.45) is 0. The van der Waals surface area contributed by atoms with Crippen molar-refractivity contribution in [3.63, 3.8) is 0 Å². The number of benzene rings is 2. The molecule has 0 bridgehead atoms. The van der Waals surface area contributed by atoms with Crippen molar-refractivity contribution in [3.05, 3.63) is 52.9 Å². The second-order valence-corrected chi connectivity index (χ2v) is 11.1. The van der Waals surface area contributed by atoms with Crippen molar-refractivity contribution in [2.75, 3.05) is 37.0 Å². The van der Waals surface area contributed by atoms with Gasteiger partial charge in [0.05, 0.1) is 16.3 Å². The molecule has 11 heteroatoms. The molecule has 35 heavy (non-hydrogen) atoms. The Hall–Kier alpha value is -3.28. The van der Waals surface area contributed by atoms with Gasteiger partial charge in [-0.2, -0.15) is 4.31 Å². The molecule has 0 fully saturated rings. The Morgan fingerprint density at radius 1 is 1.17 bits per heavy atom. The summed E-state index contributed by atoms with van der Waals surface area (Å²) in [5, 5.41) is 3.21. The van der Waals surface area contributed by atoms with Gasteiger partial charge in [0, 0.05) is 36.1 Å². The zero-order valence-electron chi connectivity index (χ0n) is 19.9. The topological polar surface area (TPSA) is 109 Å². The lowest BCUT2D eigenvalue weighted by Gasteiger charge is -2.26. The minimum absolute atomic E-state index is 0.0110. The average molecular weight is 515 g/mol. The molecule has 3 aromatic rings. The minimum Gasteiger partial charge on any atom is -0.482 e. The van der Waals surface area contributed by atoms with E-state index in [1.54, 1.807) is 31.9 Å². The number of sulfonamides is 1. The molecule has 9 nitrogen and oxygen atoms in total. The predicted molar refractivity (Wildman–Crippen MR) is 136 cm³/mol. The van der Waals surface area contributed by atoms with Crippen LogP contribution in [0.3, 0.4) is 0 Å². The van der Waals surface area contributed by atoms with E-state index in [1.807, 2.05) is 19.1 Å². The average Bonchev–Trinajstić information content (AvgIpc) is 3.21. The number of hydrogen-bond acceptors (Lipinski definition) is 7. The van der Waals surface area contributed by atoms with Crippen molar-refractivity contribution in [1.29, 1.82) is 0 Å². The van der Waals surface area contributed by atoms with Gasteiger partial charge in [-0.3, -0.25) is 14.9 Å². The van der Waals surface area contributed by atoms with Crippen molar-refractivity contribution in [2.24, 2.45) is 0 Å². The lowest BCUT2D eigenvalue weighted by molar-refractivity contribution is -0.120. The summed E-state index contributed by atoms with van der Waals surface area (Å²) >= 11 is 1.33. The molecule has 0 aliphatic carbocycles. The van der Waals surface area contributed by atoms with Gasteiger partial charge < -0.3 is 9.64 Å². The molecule has 0 saturated carbocycles. The van der Waals surface area contributed by atoms with E-state index in [4.69, 9.17) is 4.74 Å². The highest BCUT2D eigenvalue weighted by Gasteiger charge is 2.24. The Balaban J connectivity index is 1.53. The maximum absolute atomic E-state index is 12.8. The van der Waals surface area contributed by atoms with Gasteiger partial charge in [-0.25, -0.2) is 13.4 Å². The van der Waals surface area contributed by atoms with Gasteiger partial charge in [0.1, 0.15) is 5.75 Å². The summed E-state index contributed by atoms with van der Waals surface area (Å²) in [4.78, 5) is 31.9. The summed E-state index contributed by atoms with van der Waals surface area (Å²) in [7, 11) is -1.89. The number of nitrogens with zero attached hydrogens (tertiary/aromatic N) is 3. The number of fused-ring (bicyclic) bond motifs is 1. The molecule has 0 atom stereocenters. The second-order valence-electron chi connectivity index (χ2n) is 7.92. The van der Waals surface area contributed by atoms with Crippen LogP contribution in [0.1, 0.15) is 29.1 Å². The molecule has 0 radical (unpaired) electrons. The summed E-state index contributed by atoms with van der Waals surface area (Å²) in [6.45, 7) is 6.22. The fraction of sp³-hybridized carbons (Fsp3) is 0.292. The highest BCUT2D eigenvalue weighted by atomic mass is 32.2. The first-order chi connectivity index (χ1) is 16.6. The summed E-state index contributed by atoms with van der Waals surface area (Å²) in [5.41, 5.74) is 2.48. The molecule has 1 aliphatic heterocycles. The van der Waals surface area contributed by atoms with Gasteiger partial charge in [-0.05, 0) is 49.4 Å². The first-order valence-corrected chi connectivity index (χ1v) is 13.3. The van der Waals surface area contributed by atoms with Crippen LogP contribution >= 0.6 is 11.3 Å². The third-order valence-electron chi connectivity index (χ3n) is 5.80. The fourth-order valence-corrected chi connectivity index (χ4v) is 6.09. The van der Waals surface area contributed by atoms with Gasteiger partial charge in [0.2, 0.25) is 10.0 Å². The lowest BCUT2D eigenvalue weighted by Crippen LogP contribution is -2.35. The van der Waals surface area contributed by atoms with Crippen LogP contribution in [-0.4, -0.2) is 56.3 Å². The van der Waals surface area contributed by atoms with Crippen molar-refractivity contribution in [1.82, 2.24) is 9.29 Å². The smallest absolute Gasteiger partial charge is 0.264 e. The molecule has 0 unspecified atom stereocenters. The summed E-state index contributed by atoms with van der Waals surface area (Å²) in [5.74, 6) is 0.110. The number of anilines is 2. The highest BCUT2D eigenvalue weighted by Crippen LogP contribution is 2.38. The van der Waals surface area contributed by atoms with Gasteiger partial charge in [0.15, 0.2) is 11.7 Å². The number of hydrogen-bond donors (Lipinski definition) is 1. The number of carbonyl (C=O) groups excluding carboxylic acids is 2.